The van der Waals surface area contributed by atoms with E-state index in [2.05, 4.69) is 17.1 Å². The summed E-state index contributed by atoms with van der Waals surface area (Å²) in [5, 5.41) is 4.25. The predicted octanol–water partition coefficient (Wildman–Crippen LogP) is 3.81. The largest absolute Gasteiger partial charge is 0.339 e. The standard InChI is InChI=1S/C17H29N3O/c1-2-12-6-5-9-14(10-12)17-19-16(21-20-17)11-15(18)13-7-3-4-8-13/h12-15H,2-11,18H2,1H3. The van der Waals surface area contributed by atoms with Crippen LogP contribution in [-0.2, 0) is 6.42 Å². The molecule has 1 heterocycles. The average Bonchev–Trinajstić information content (AvgIpc) is 3.18. The third-order valence-corrected chi connectivity index (χ3v) is 5.62. The summed E-state index contributed by atoms with van der Waals surface area (Å²) in [6.07, 6.45) is 12.3. The monoisotopic (exact) mass is 291 g/mol. The van der Waals surface area contributed by atoms with Crippen LogP contribution in [0.2, 0.25) is 0 Å². The Morgan fingerprint density at radius 3 is 2.76 bits per heavy atom. The Labute approximate surface area is 127 Å². The molecule has 0 amide bonds. The fourth-order valence-electron chi connectivity index (χ4n) is 4.17. The van der Waals surface area contributed by atoms with Gasteiger partial charge in [-0.15, -0.1) is 0 Å². The zero-order valence-corrected chi connectivity index (χ0v) is 13.3. The van der Waals surface area contributed by atoms with E-state index in [4.69, 9.17) is 10.3 Å². The summed E-state index contributed by atoms with van der Waals surface area (Å²) in [6, 6.07) is 0.190. The molecule has 0 aliphatic heterocycles. The molecule has 2 fully saturated rings. The summed E-state index contributed by atoms with van der Waals surface area (Å²) in [6.45, 7) is 2.29. The van der Waals surface area contributed by atoms with Crippen molar-refractivity contribution in [3.05, 3.63) is 11.7 Å². The van der Waals surface area contributed by atoms with Crippen LogP contribution in [0.1, 0.15) is 82.3 Å². The summed E-state index contributed by atoms with van der Waals surface area (Å²) in [7, 11) is 0. The summed E-state index contributed by atoms with van der Waals surface area (Å²) in [5.74, 6) is 3.68. The highest BCUT2D eigenvalue weighted by Gasteiger charge is 2.27. The van der Waals surface area contributed by atoms with Gasteiger partial charge in [0.15, 0.2) is 5.82 Å². The van der Waals surface area contributed by atoms with Crippen LogP contribution in [0.4, 0.5) is 0 Å². The summed E-state index contributed by atoms with van der Waals surface area (Å²) in [5.41, 5.74) is 6.31. The molecule has 0 saturated heterocycles. The van der Waals surface area contributed by atoms with Crippen molar-refractivity contribution >= 4 is 0 Å². The van der Waals surface area contributed by atoms with E-state index >= 15 is 0 Å². The molecule has 3 unspecified atom stereocenters. The van der Waals surface area contributed by atoms with E-state index in [9.17, 15) is 0 Å². The Balaban J connectivity index is 1.57. The molecular weight excluding hydrogens is 262 g/mol. The lowest BCUT2D eigenvalue weighted by Crippen LogP contribution is -2.30. The lowest BCUT2D eigenvalue weighted by atomic mass is 9.80. The maximum Gasteiger partial charge on any atom is 0.228 e. The van der Waals surface area contributed by atoms with Crippen LogP contribution in [0.3, 0.4) is 0 Å². The molecule has 4 nitrogen and oxygen atoms in total. The molecule has 0 bridgehead atoms. The number of aromatic nitrogens is 2. The first-order chi connectivity index (χ1) is 10.3. The predicted molar refractivity (Wildman–Crippen MR) is 82.9 cm³/mol. The molecule has 2 N–H and O–H groups in total. The van der Waals surface area contributed by atoms with Crippen LogP contribution in [0.15, 0.2) is 4.52 Å². The number of hydrogen-bond donors (Lipinski definition) is 1. The Hall–Kier alpha value is -0.900. The molecule has 3 rings (SSSR count). The second kappa shape index (κ2) is 6.91. The first-order valence-corrected chi connectivity index (χ1v) is 8.84. The maximum atomic E-state index is 6.31. The van der Waals surface area contributed by atoms with Gasteiger partial charge in [0.25, 0.3) is 0 Å². The van der Waals surface area contributed by atoms with Crippen molar-refractivity contribution in [3.63, 3.8) is 0 Å². The molecule has 4 heteroatoms. The van der Waals surface area contributed by atoms with Crippen LogP contribution >= 0.6 is 0 Å². The highest BCUT2D eigenvalue weighted by molar-refractivity contribution is 4.99. The van der Waals surface area contributed by atoms with Crippen molar-refractivity contribution in [1.82, 2.24) is 10.1 Å². The minimum Gasteiger partial charge on any atom is -0.339 e. The fourth-order valence-corrected chi connectivity index (χ4v) is 4.17. The van der Waals surface area contributed by atoms with Crippen molar-refractivity contribution in [2.45, 2.75) is 83.1 Å². The van der Waals surface area contributed by atoms with E-state index in [0.29, 0.717) is 11.8 Å². The van der Waals surface area contributed by atoms with E-state index < -0.39 is 0 Å². The molecule has 1 aromatic rings. The van der Waals surface area contributed by atoms with Crippen molar-refractivity contribution in [2.24, 2.45) is 17.6 Å². The Morgan fingerprint density at radius 2 is 2.00 bits per heavy atom. The molecular formula is C17H29N3O. The Bertz CT molecular complexity index is 439. The first kappa shape index (κ1) is 15.0. The molecule has 1 aromatic heterocycles. The lowest BCUT2D eigenvalue weighted by molar-refractivity contribution is 0.296. The lowest BCUT2D eigenvalue weighted by Gasteiger charge is -2.26. The van der Waals surface area contributed by atoms with Crippen LogP contribution < -0.4 is 5.73 Å². The molecule has 118 valence electrons. The highest BCUT2D eigenvalue weighted by Crippen LogP contribution is 2.36. The van der Waals surface area contributed by atoms with Gasteiger partial charge in [0, 0.05) is 18.4 Å². The van der Waals surface area contributed by atoms with Crippen LogP contribution in [0, 0.1) is 11.8 Å². The average molecular weight is 291 g/mol. The van der Waals surface area contributed by atoms with Crippen LogP contribution in [0.5, 0.6) is 0 Å². The number of rotatable bonds is 5. The van der Waals surface area contributed by atoms with Gasteiger partial charge in [-0.2, -0.15) is 4.98 Å². The minimum absolute atomic E-state index is 0.190. The van der Waals surface area contributed by atoms with Crippen LogP contribution in [-0.4, -0.2) is 16.2 Å². The molecule has 2 aliphatic carbocycles. The SMILES string of the molecule is CCC1CCCC(c2noc(CC(N)C3CCCC3)n2)C1. The molecule has 0 aromatic carbocycles. The number of nitrogens with two attached hydrogens (primary N) is 1. The molecule has 21 heavy (non-hydrogen) atoms. The van der Waals surface area contributed by atoms with Crippen molar-refractivity contribution in [1.29, 1.82) is 0 Å². The van der Waals surface area contributed by atoms with Crippen molar-refractivity contribution in [3.8, 4) is 0 Å². The quantitative estimate of drug-likeness (QED) is 0.895. The second-order valence-electron chi connectivity index (χ2n) is 7.10. The van der Waals surface area contributed by atoms with E-state index in [1.165, 1.54) is 57.8 Å². The first-order valence-electron chi connectivity index (χ1n) is 8.84. The van der Waals surface area contributed by atoms with E-state index in [-0.39, 0.29) is 6.04 Å². The van der Waals surface area contributed by atoms with Gasteiger partial charge in [-0.25, -0.2) is 0 Å². The minimum atomic E-state index is 0.190. The fraction of sp³-hybridized carbons (Fsp3) is 0.882. The van der Waals surface area contributed by atoms with Crippen LogP contribution in [0.25, 0.3) is 0 Å². The zero-order chi connectivity index (χ0) is 14.7. The summed E-state index contributed by atoms with van der Waals surface area (Å²) < 4.78 is 5.48. The van der Waals surface area contributed by atoms with Gasteiger partial charge in [0.05, 0.1) is 0 Å². The van der Waals surface area contributed by atoms with Crippen molar-refractivity contribution < 1.29 is 4.52 Å². The highest BCUT2D eigenvalue weighted by atomic mass is 16.5. The summed E-state index contributed by atoms with van der Waals surface area (Å²) >= 11 is 0. The summed E-state index contributed by atoms with van der Waals surface area (Å²) in [4.78, 5) is 4.66. The molecule has 2 saturated carbocycles. The van der Waals surface area contributed by atoms with Crippen molar-refractivity contribution in [2.75, 3.05) is 0 Å². The molecule has 2 aliphatic rings. The Kier molecular flexibility index (Phi) is 4.94. The van der Waals surface area contributed by atoms with Gasteiger partial charge >= 0.3 is 0 Å². The zero-order valence-electron chi connectivity index (χ0n) is 13.3. The van der Waals surface area contributed by atoms with Gasteiger partial charge in [-0.05, 0) is 37.5 Å². The van der Waals surface area contributed by atoms with Gasteiger partial charge in [-0.3, -0.25) is 0 Å². The normalized spacial score (nSPS) is 28.9. The molecule has 3 atom stereocenters. The van der Waals surface area contributed by atoms with Gasteiger partial charge in [0.1, 0.15) is 0 Å². The maximum absolute atomic E-state index is 6.31. The van der Waals surface area contributed by atoms with Gasteiger partial charge in [0.2, 0.25) is 5.89 Å². The third kappa shape index (κ3) is 3.65. The number of nitrogens with zero attached hydrogens (tertiary/aromatic N) is 2. The van der Waals surface area contributed by atoms with E-state index in [1.54, 1.807) is 0 Å². The smallest absolute Gasteiger partial charge is 0.228 e. The number of hydrogen-bond acceptors (Lipinski definition) is 4. The Morgan fingerprint density at radius 1 is 1.19 bits per heavy atom. The van der Waals surface area contributed by atoms with E-state index in [1.807, 2.05) is 0 Å². The van der Waals surface area contributed by atoms with Gasteiger partial charge < -0.3 is 10.3 Å². The molecule has 0 spiro atoms. The van der Waals surface area contributed by atoms with Gasteiger partial charge in [-0.1, -0.05) is 44.2 Å². The second-order valence-corrected chi connectivity index (χ2v) is 7.10. The topological polar surface area (TPSA) is 64.9 Å². The van der Waals surface area contributed by atoms with E-state index in [0.717, 1.165) is 24.1 Å². The molecule has 0 radical (unpaired) electrons. The third-order valence-electron chi connectivity index (χ3n) is 5.62.